The van der Waals surface area contributed by atoms with Crippen LogP contribution in [0.4, 0.5) is 0 Å². The molecule has 1 N–H and O–H groups in total. The summed E-state index contributed by atoms with van der Waals surface area (Å²) < 4.78 is 0. The summed E-state index contributed by atoms with van der Waals surface area (Å²) in [5.41, 5.74) is 0.0904. The van der Waals surface area contributed by atoms with Crippen LogP contribution in [-0.4, -0.2) is 11.1 Å². The Balaban J connectivity index is 2.26. The molecule has 1 rings (SSSR count). The molecule has 60 valence electrons. The average molecular weight is 153 g/mol. The highest BCUT2D eigenvalue weighted by molar-refractivity contribution is 5.66. The van der Waals surface area contributed by atoms with Crippen molar-refractivity contribution >= 4 is 5.97 Å². The largest absolute Gasteiger partial charge is 0.481 e. The predicted molar refractivity (Wildman–Crippen MR) is 38.8 cm³/mol. The Morgan fingerprint density at radius 2 is 2.27 bits per heavy atom. The number of carbonyl (C=O) groups is 1. The van der Waals surface area contributed by atoms with E-state index in [9.17, 15) is 4.79 Å². The van der Waals surface area contributed by atoms with Crippen LogP contribution in [0.2, 0.25) is 0 Å². The highest BCUT2D eigenvalue weighted by atomic mass is 16.4. The number of aliphatic carboxylic acids is 1. The Hall–Kier alpha value is -1.04. The molecule has 0 radical (unpaired) electrons. The van der Waals surface area contributed by atoms with Crippen LogP contribution in [-0.2, 0) is 4.79 Å². The lowest BCUT2D eigenvalue weighted by Crippen LogP contribution is -2.03. The van der Waals surface area contributed by atoms with Gasteiger partial charge in [-0.2, -0.15) is 5.26 Å². The van der Waals surface area contributed by atoms with Crippen molar-refractivity contribution in [3.8, 4) is 6.07 Å². The van der Waals surface area contributed by atoms with Gasteiger partial charge in [-0.1, -0.05) is 0 Å². The van der Waals surface area contributed by atoms with Crippen molar-refractivity contribution in [1.82, 2.24) is 0 Å². The second-order valence-electron chi connectivity index (χ2n) is 3.23. The van der Waals surface area contributed by atoms with Gasteiger partial charge in [-0.3, -0.25) is 4.79 Å². The predicted octanol–water partition coefficient (Wildman–Crippen LogP) is 1.55. The summed E-state index contributed by atoms with van der Waals surface area (Å²) in [6, 6.07) is 2.10. The third kappa shape index (κ3) is 2.23. The van der Waals surface area contributed by atoms with E-state index in [1.54, 1.807) is 0 Å². The molecule has 0 atom stereocenters. The Kier molecular flexibility index (Phi) is 2.13. The number of nitriles is 1. The van der Waals surface area contributed by atoms with Gasteiger partial charge in [-0.25, -0.2) is 0 Å². The lowest BCUT2D eigenvalue weighted by atomic mass is 9.97. The van der Waals surface area contributed by atoms with Gasteiger partial charge in [0.25, 0.3) is 0 Å². The molecule has 0 aromatic carbocycles. The first-order valence-corrected chi connectivity index (χ1v) is 3.77. The molecular formula is C8H11NO2. The summed E-state index contributed by atoms with van der Waals surface area (Å²) >= 11 is 0. The van der Waals surface area contributed by atoms with Gasteiger partial charge in [0, 0.05) is 12.8 Å². The topological polar surface area (TPSA) is 61.1 Å². The summed E-state index contributed by atoms with van der Waals surface area (Å²) in [6.45, 7) is 0. The molecule has 3 nitrogen and oxygen atoms in total. The summed E-state index contributed by atoms with van der Waals surface area (Å²) in [4.78, 5) is 10.2. The number of hydrogen-bond acceptors (Lipinski definition) is 2. The van der Waals surface area contributed by atoms with E-state index in [1.165, 1.54) is 0 Å². The highest BCUT2D eigenvalue weighted by Gasteiger charge is 2.42. The SMILES string of the molecule is N#CCC1(CCC(=O)O)CC1. The van der Waals surface area contributed by atoms with Crippen molar-refractivity contribution in [1.29, 1.82) is 5.26 Å². The van der Waals surface area contributed by atoms with E-state index >= 15 is 0 Å². The second-order valence-corrected chi connectivity index (χ2v) is 3.23. The van der Waals surface area contributed by atoms with Crippen LogP contribution in [0, 0.1) is 16.7 Å². The minimum Gasteiger partial charge on any atom is -0.481 e. The zero-order chi connectivity index (χ0) is 8.32. The van der Waals surface area contributed by atoms with E-state index < -0.39 is 5.97 Å². The number of hydrogen-bond donors (Lipinski definition) is 1. The minimum atomic E-state index is -0.755. The number of carboxylic acids is 1. The average Bonchev–Trinajstić information content (AvgIpc) is 2.67. The van der Waals surface area contributed by atoms with Gasteiger partial charge < -0.3 is 5.11 Å². The van der Waals surface area contributed by atoms with Gasteiger partial charge in [0.2, 0.25) is 0 Å². The van der Waals surface area contributed by atoms with Gasteiger partial charge >= 0.3 is 5.97 Å². The smallest absolute Gasteiger partial charge is 0.303 e. The zero-order valence-corrected chi connectivity index (χ0v) is 6.34. The Bertz CT molecular complexity index is 201. The maximum atomic E-state index is 10.2. The van der Waals surface area contributed by atoms with Gasteiger partial charge in [0.15, 0.2) is 0 Å². The fourth-order valence-electron chi connectivity index (χ4n) is 1.23. The lowest BCUT2D eigenvalue weighted by Gasteiger charge is -2.06. The van der Waals surface area contributed by atoms with Crippen LogP contribution in [0.15, 0.2) is 0 Å². The third-order valence-electron chi connectivity index (χ3n) is 2.28. The Morgan fingerprint density at radius 1 is 1.64 bits per heavy atom. The van der Waals surface area contributed by atoms with Crippen molar-refractivity contribution in [2.45, 2.75) is 32.1 Å². The monoisotopic (exact) mass is 153 g/mol. The number of nitrogens with zero attached hydrogens (tertiary/aromatic N) is 1. The van der Waals surface area contributed by atoms with E-state index in [1.807, 2.05) is 0 Å². The van der Waals surface area contributed by atoms with E-state index in [-0.39, 0.29) is 11.8 Å². The molecule has 0 aromatic rings. The van der Waals surface area contributed by atoms with E-state index in [4.69, 9.17) is 10.4 Å². The fraction of sp³-hybridized carbons (Fsp3) is 0.750. The van der Waals surface area contributed by atoms with Crippen LogP contribution < -0.4 is 0 Å². The van der Waals surface area contributed by atoms with E-state index in [0.29, 0.717) is 12.8 Å². The van der Waals surface area contributed by atoms with Crippen LogP contribution in [0.25, 0.3) is 0 Å². The fourth-order valence-corrected chi connectivity index (χ4v) is 1.23. The molecule has 0 heterocycles. The van der Waals surface area contributed by atoms with Crippen LogP contribution in [0.5, 0.6) is 0 Å². The first kappa shape index (κ1) is 8.06. The molecule has 0 bridgehead atoms. The zero-order valence-electron chi connectivity index (χ0n) is 6.34. The molecule has 0 spiro atoms. The van der Waals surface area contributed by atoms with Crippen molar-refractivity contribution in [2.75, 3.05) is 0 Å². The van der Waals surface area contributed by atoms with Gasteiger partial charge in [0.05, 0.1) is 6.07 Å². The molecule has 1 fully saturated rings. The number of rotatable bonds is 4. The Labute approximate surface area is 65.6 Å². The quantitative estimate of drug-likeness (QED) is 0.666. The molecule has 3 heteroatoms. The normalized spacial score (nSPS) is 18.8. The van der Waals surface area contributed by atoms with Gasteiger partial charge in [-0.15, -0.1) is 0 Å². The third-order valence-corrected chi connectivity index (χ3v) is 2.28. The Morgan fingerprint density at radius 3 is 2.64 bits per heavy atom. The summed E-state index contributed by atoms with van der Waals surface area (Å²) in [5.74, 6) is -0.755. The second kappa shape index (κ2) is 2.91. The van der Waals surface area contributed by atoms with Crippen LogP contribution in [0.1, 0.15) is 32.1 Å². The van der Waals surface area contributed by atoms with E-state index in [2.05, 4.69) is 6.07 Å². The first-order valence-electron chi connectivity index (χ1n) is 3.77. The van der Waals surface area contributed by atoms with Crippen LogP contribution >= 0.6 is 0 Å². The standard InChI is InChI=1S/C8H11NO2/c9-6-5-8(3-4-8)2-1-7(10)11/h1-5H2,(H,10,11). The van der Waals surface area contributed by atoms with Gasteiger partial charge in [0.1, 0.15) is 0 Å². The minimum absolute atomic E-state index is 0.0904. The number of carboxylic acid groups (broad SMARTS) is 1. The summed E-state index contributed by atoms with van der Waals surface area (Å²) in [5, 5.41) is 16.8. The molecule has 1 saturated carbocycles. The molecule has 0 unspecified atom stereocenters. The summed E-state index contributed by atoms with van der Waals surface area (Å²) in [7, 11) is 0. The van der Waals surface area contributed by atoms with Crippen molar-refractivity contribution in [3.05, 3.63) is 0 Å². The lowest BCUT2D eigenvalue weighted by molar-refractivity contribution is -0.137. The highest BCUT2D eigenvalue weighted by Crippen LogP contribution is 2.52. The molecule has 1 aliphatic carbocycles. The molecule has 0 aliphatic heterocycles. The van der Waals surface area contributed by atoms with Crippen molar-refractivity contribution in [2.24, 2.45) is 5.41 Å². The molecule has 11 heavy (non-hydrogen) atoms. The van der Waals surface area contributed by atoms with Gasteiger partial charge in [-0.05, 0) is 24.7 Å². The van der Waals surface area contributed by atoms with Crippen LogP contribution in [0.3, 0.4) is 0 Å². The maximum Gasteiger partial charge on any atom is 0.303 e. The maximum absolute atomic E-state index is 10.2. The van der Waals surface area contributed by atoms with Crippen molar-refractivity contribution in [3.63, 3.8) is 0 Å². The molecule has 0 amide bonds. The first-order chi connectivity index (χ1) is 5.18. The molecular weight excluding hydrogens is 142 g/mol. The molecule has 1 aliphatic rings. The molecule has 0 saturated heterocycles. The summed E-state index contributed by atoms with van der Waals surface area (Å²) in [6.07, 6.45) is 3.49. The van der Waals surface area contributed by atoms with Crippen molar-refractivity contribution < 1.29 is 9.90 Å². The molecule has 0 aromatic heterocycles. The van der Waals surface area contributed by atoms with E-state index in [0.717, 1.165) is 12.8 Å².